The van der Waals surface area contributed by atoms with E-state index in [0.29, 0.717) is 24.7 Å². The predicted octanol–water partition coefficient (Wildman–Crippen LogP) is 6.30. The van der Waals surface area contributed by atoms with Gasteiger partial charge in [0.1, 0.15) is 11.6 Å². The molecule has 2 aliphatic rings. The summed E-state index contributed by atoms with van der Waals surface area (Å²) in [4.78, 5) is 18.3. The molecule has 1 fully saturated rings. The van der Waals surface area contributed by atoms with Crippen molar-refractivity contribution < 1.29 is 18.1 Å². The summed E-state index contributed by atoms with van der Waals surface area (Å²) in [5, 5.41) is 5.27. The molecule has 0 spiro atoms. The van der Waals surface area contributed by atoms with Crippen LogP contribution in [0.5, 0.6) is 0 Å². The molecule has 4 heterocycles. The minimum atomic E-state index is -0.306. The molecular formula is C32H46FN4O3+. The SMILES string of the molecule is CCCC(CCC)COC[N+]1(CCc2c(C)nc3n(c2=O)CCCC3)CCC(c2noc3cc(F)ccc23)CC1. The van der Waals surface area contributed by atoms with E-state index < -0.39 is 0 Å². The molecule has 0 radical (unpaired) electrons. The summed E-state index contributed by atoms with van der Waals surface area (Å²) < 4.78 is 28.4. The molecule has 2 aromatic heterocycles. The molecule has 0 amide bonds. The van der Waals surface area contributed by atoms with E-state index in [0.717, 1.165) is 97.5 Å². The first-order valence-electron chi connectivity index (χ1n) is 15.5. The number of aromatic nitrogens is 3. The lowest BCUT2D eigenvalue weighted by Crippen LogP contribution is -2.55. The van der Waals surface area contributed by atoms with Gasteiger partial charge in [-0.25, -0.2) is 9.37 Å². The van der Waals surface area contributed by atoms with Crippen LogP contribution in [0.3, 0.4) is 0 Å². The number of hydrogen-bond acceptors (Lipinski definition) is 5. The third kappa shape index (κ3) is 6.33. The van der Waals surface area contributed by atoms with Gasteiger partial charge in [0.2, 0.25) is 0 Å². The van der Waals surface area contributed by atoms with Gasteiger partial charge in [-0.2, -0.15) is 0 Å². The average molecular weight is 554 g/mol. The normalized spacial score (nSPS) is 21.3. The molecule has 218 valence electrons. The second-order valence-corrected chi connectivity index (χ2v) is 12.2. The summed E-state index contributed by atoms with van der Waals surface area (Å²) >= 11 is 0. The molecule has 0 aliphatic carbocycles. The van der Waals surface area contributed by atoms with Crippen LogP contribution in [0.15, 0.2) is 27.5 Å². The van der Waals surface area contributed by atoms with Gasteiger partial charge in [0, 0.05) is 60.9 Å². The summed E-state index contributed by atoms with van der Waals surface area (Å²) in [6.07, 6.45) is 10.4. The van der Waals surface area contributed by atoms with Crippen LogP contribution < -0.4 is 5.56 Å². The molecule has 0 unspecified atom stereocenters. The van der Waals surface area contributed by atoms with E-state index in [1.807, 2.05) is 11.5 Å². The largest absolute Gasteiger partial charge is 0.356 e. The number of rotatable bonds is 12. The van der Waals surface area contributed by atoms with Crippen LogP contribution in [0.25, 0.3) is 11.0 Å². The van der Waals surface area contributed by atoms with Gasteiger partial charge in [-0.05, 0) is 50.7 Å². The monoisotopic (exact) mass is 553 g/mol. The van der Waals surface area contributed by atoms with E-state index in [1.54, 1.807) is 6.07 Å². The van der Waals surface area contributed by atoms with Gasteiger partial charge in [0.15, 0.2) is 12.3 Å². The average Bonchev–Trinajstić information content (AvgIpc) is 3.36. The van der Waals surface area contributed by atoms with Crippen LogP contribution in [0.4, 0.5) is 4.39 Å². The van der Waals surface area contributed by atoms with E-state index in [2.05, 4.69) is 19.0 Å². The fourth-order valence-corrected chi connectivity index (χ4v) is 6.94. The molecule has 2 aliphatic heterocycles. The highest BCUT2D eigenvalue weighted by molar-refractivity contribution is 5.79. The van der Waals surface area contributed by atoms with Gasteiger partial charge in [-0.15, -0.1) is 0 Å². The highest BCUT2D eigenvalue weighted by Crippen LogP contribution is 2.35. The van der Waals surface area contributed by atoms with Gasteiger partial charge in [0.05, 0.1) is 31.9 Å². The van der Waals surface area contributed by atoms with E-state index in [-0.39, 0.29) is 17.3 Å². The van der Waals surface area contributed by atoms with Gasteiger partial charge in [-0.3, -0.25) is 9.36 Å². The van der Waals surface area contributed by atoms with E-state index in [1.165, 1.54) is 37.8 Å². The van der Waals surface area contributed by atoms with Crippen molar-refractivity contribution in [3.63, 3.8) is 0 Å². The number of hydrogen-bond donors (Lipinski definition) is 0. The zero-order valence-corrected chi connectivity index (χ0v) is 24.6. The standard InChI is InChI=1S/C32H46FN4O3/c1-4-8-24(9-5-2)21-39-22-37(19-15-27-23(3)34-30-10-6-7-16-36(30)32(27)38)17-13-25(14-18-37)31-28-12-11-26(33)20-29(28)40-35-31/h11-12,20,24-25H,4-10,13-19,21-22H2,1-3H3/q+1. The minimum absolute atomic E-state index is 0.156. The van der Waals surface area contributed by atoms with Crippen molar-refractivity contribution in [2.75, 3.05) is 33.0 Å². The van der Waals surface area contributed by atoms with Crippen molar-refractivity contribution in [2.45, 2.75) is 97.4 Å². The zero-order valence-electron chi connectivity index (χ0n) is 24.6. The first-order valence-corrected chi connectivity index (χ1v) is 15.5. The summed E-state index contributed by atoms with van der Waals surface area (Å²) in [6, 6.07) is 4.69. The van der Waals surface area contributed by atoms with Crippen molar-refractivity contribution in [2.24, 2.45) is 5.92 Å². The summed E-state index contributed by atoms with van der Waals surface area (Å²) in [6.45, 7) is 11.5. The lowest BCUT2D eigenvalue weighted by Gasteiger charge is -2.43. The maximum absolute atomic E-state index is 13.7. The van der Waals surface area contributed by atoms with Crippen molar-refractivity contribution in [1.29, 1.82) is 0 Å². The lowest BCUT2D eigenvalue weighted by atomic mass is 9.90. The molecule has 0 bridgehead atoms. The van der Waals surface area contributed by atoms with Crippen molar-refractivity contribution in [1.82, 2.24) is 14.7 Å². The Labute approximate surface area is 237 Å². The fraction of sp³-hybridized carbons (Fsp3) is 0.656. The topological polar surface area (TPSA) is 70.2 Å². The van der Waals surface area contributed by atoms with Crippen molar-refractivity contribution >= 4 is 11.0 Å². The number of piperidine rings is 1. The summed E-state index contributed by atoms with van der Waals surface area (Å²) in [5.74, 6) is 1.51. The third-order valence-electron chi connectivity index (χ3n) is 9.28. The van der Waals surface area contributed by atoms with Crippen LogP contribution in [0.2, 0.25) is 0 Å². The second kappa shape index (κ2) is 12.9. The zero-order chi connectivity index (χ0) is 28.1. The Bertz CT molecular complexity index is 1340. The Morgan fingerprint density at radius 1 is 1.18 bits per heavy atom. The van der Waals surface area contributed by atoms with Crippen LogP contribution in [0, 0.1) is 18.7 Å². The molecule has 1 aromatic carbocycles. The number of fused-ring (bicyclic) bond motifs is 2. The van der Waals surface area contributed by atoms with E-state index in [9.17, 15) is 9.18 Å². The Morgan fingerprint density at radius 2 is 1.95 bits per heavy atom. The van der Waals surface area contributed by atoms with Gasteiger partial charge >= 0.3 is 0 Å². The smallest absolute Gasteiger partial charge is 0.257 e. The summed E-state index contributed by atoms with van der Waals surface area (Å²) in [7, 11) is 0. The summed E-state index contributed by atoms with van der Waals surface area (Å²) in [5.41, 5.74) is 3.36. The van der Waals surface area contributed by atoms with Crippen LogP contribution >= 0.6 is 0 Å². The molecule has 7 nitrogen and oxygen atoms in total. The third-order valence-corrected chi connectivity index (χ3v) is 9.28. The Kier molecular flexibility index (Phi) is 9.36. The van der Waals surface area contributed by atoms with Crippen LogP contribution in [-0.4, -0.2) is 52.2 Å². The lowest BCUT2D eigenvalue weighted by molar-refractivity contribution is -0.950. The van der Waals surface area contributed by atoms with E-state index >= 15 is 0 Å². The number of aryl methyl sites for hydroxylation is 2. The second-order valence-electron chi connectivity index (χ2n) is 12.2. The number of halogens is 1. The highest BCUT2D eigenvalue weighted by Gasteiger charge is 2.37. The maximum atomic E-state index is 13.7. The molecule has 8 heteroatoms. The fourth-order valence-electron chi connectivity index (χ4n) is 6.94. The van der Waals surface area contributed by atoms with Gasteiger partial charge in [-0.1, -0.05) is 31.8 Å². The molecule has 5 rings (SSSR count). The molecule has 0 N–H and O–H groups in total. The number of ether oxygens (including phenoxy) is 1. The van der Waals surface area contributed by atoms with Crippen molar-refractivity contribution in [3.8, 4) is 0 Å². The van der Waals surface area contributed by atoms with Gasteiger partial charge in [0.25, 0.3) is 5.56 Å². The molecule has 3 aromatic rings. The number of benzene rings is 1. The maximum Gasteiger partial charge on any atom is 0.257 e. The number of quaternary nitrogens is 1. The Hall–Kier alpha value is -2.58. The first-order chi connectivity index (χ1) is 19.4. The molecule has 0 saturated carbocycles. The first kappa shape index (κ1) is 28.9. The Morgan fingerprint density at radius 3 is 2.70 bits per heavy atom. The molecular weight excluding hydrogens is 507 g/mol. The minimum Gasteiger partial charge on any atom is -0.356 e. The molecule has 0 atom stereocenters. The van der Waals surface area contributed by atoms with Crippen LogP contribution in [0.1, 0.15) is 93.9 Å². The number of likely N-dealkylation sites (tertiary alicyclic amines) is 1. The Balaban J connectivity index is 1.32. The van der Waals surface area contributed by atoms with Gasteiger partial charge < -0.3 is 13.7 Å². The van der Waals surface area contributed by atoms with Crippen molar-refractivity contribution in [3.05, 3.63) is 57.1 Å². The quantitative estimate of drug-likeness (QED) is 0.246. The molecule has 40 heavy (non-hydrogen) atoms. The predicted molar refractivity (Wildman–Crippen MR) is 155 cm³/mol. The van der Waals surface area contributed by atoms with Crippen LogP contribution in [-0.2, 0) is 24.1 Å². The molecule has 1 saturated heterocycles. The highest BCUT2D eigenvalue weighted by atomic mass is 19.1. The van der Waals surface area contributed by atoms with E-state index in [4.69, 9.17) is 14.2 Å². The number of nitrogens with zero attached hydrogens (tertiary/aromatic N) is 4.